The largest absolute Gasteiger partial charge is 0.318 e. The van der Waals surface area contributed by atoms with E-state index in [1.54, 1.807) is 6.07 Å². The number of nitrogens with one attached hydrogen (secondary N) is 2. The highest BCUT2D eigenvalue weighted by Crippen LogP contribution is 2.23. The standard InChI is InChI=1S/C22H22N2O2/c1-3-15-10-7-11-16(4-2)20(15)24-22(26)21(25)23-19-13-12-17-8-5-6-9-18(17)14-19/h5-14H,3-4H2,1-2H3,(H,23,25)(H,24,26). The lowest BCUT2D eigenvalue weighted by molar-refractivity contribution is -0.133. The van der Waals surface area contributed by atoms with E-state index in [0.29, 0.717) is 5.69 Å². The molecular formula is C22H22N2O2. The molecule has 0 aliphatic carbocycles. The molecule has 0 radical (unpaired) electrons. The van der Waals surface area contributed by atoms with Crippen molar-refractivity contribution in [1.82, 2.24) is 0 Å². The number of rotatable bonds is 4. The van der Waals surface area contributed by atoms with Crippen molar-refractivity contribution in [1.29, 1.82) is 0 Å². The number of anilines is 2. The van der Waals surface area contributed by atoms with Crippen molar-refractivity contribution in [2.24, 2.45) is 0 Å². The van der Waals surface area contributed by atoms with Crippen molar-refractivity contribution < 1.29 is 9.59 Å². The van der Waals surface area contributed by atoms with E-state index >= 15 is 0 Å². The van der Waals surface area contributed by atoms with Gasteiger partial charge in [0.15, 0.2) is 0 Å². The molecule has 0 saturated carbocycles. The molecule has 3 aromatic rings. The fourth-order valence-corrected chi connectivity index (χ4v) is 3.03. The molecule has 0 heterocycles. The second-order valence-electron chi connectivity index (χ2n) is 6.13. The molecule has 4 nitrogen and oxygen atoms in total. The van der Waals surface area contributed by atoms with Crippen LogP contribution in [0.4, 0.5) is 11.4 Å². The number of hydrogen-bond acceptors (Lipinski definition) is 2. The van der Waals surface area contributed by atoms with Crippen LogP contribution in [0, 0.1) is 0 Å². The summed E-state index contributed by atoms with van der Waals surface area (Å²) in [5.41, 5.74) is 3.40. The first-order valence-electron chi connectivity index (χ1n) is 8.84. The van der Waals surface area contributed by atoms with Gasteiger partial charge in [0.25, 0.3) is 0 Å². The molecule has 0 fully saturated rings. The van der Waals surface area contributed by atoms with Crippen LogP contribution >= 0.6 is 0 Å². The molecule has 4 heteroatoms. The third-order valence-corrected chi connectivity index (χ3v) is 4.45. The SMILES string of the molecule is CCc1cccc(CC)c1NC(=O)C(=O)Nc1ccc2ccccc2c1. The molecular weight excluding hydrogens is 324 g/mol. The Morgan fingerprint density at radius 3 is 2.00 bits per heavy atom. The molecule has 0 aliphatic rings. The summed E-state index contributed by atoms with van der Waals surface area (Å²) in [5, 5.41) is 7.56. The number of carbonyl (C=O) groups is 2. The van der Waals surface area contributed by atoms with Crippen LogP contribution in [0.2, 0.25) is 0 Å². The minimum atomic E-state index is -0.673. The van der Waals surface area contributed by atoms with Gasteiger partial charge in [-0.15, -0.1) is 0 Å². The van der Waals surface area contributed by atoms with Crippen molar-refractivity contribution in [3.63, 3.8) is 0 Å². The minimum Gasteiger partial charge on any atom is -0.318 e. The van der Waals surface area contributed by atoms with Gasteiger partial charge in [0.05, 0.1) is 0 Å². The third kappa shape index (κ3) is 3.75. The summed E-state index contributed by atoms with van der Waals surface area (Å²) in [6.07, 6.45) is 1.57. The number of carbonyl (C=O) groups excluding carboxylic acids is 2. The van der Waals surface area contributed by atoms with E-state index in [0.717, 1.165) is 40.4 Å². The molecule has 0 atom stereocenters. The van der Waals surface area contributed by atoms with E-state index in [2.05, 4.69) is 10.6 Å². The molecule has 0 aliphatic heterocycles. The first-order chi connectivity index (χ1) is 12.6. The molecule has 0 unspecified atom stereocenters. The number of para-hydroxylation sites is 1. The Hall–Kier alpha value is -3.14. The lowest BCUT2D eigenvalue weighted by atomic mass is 10.0. The molecule has 0 saturated heterocycles. The van der Waals surface area contributed by atoms with Gasteiger partial charge in [-0.25, -0.2) is 0 Å². The van der Waals surface area contributed by atoms with Crippen LogP contribution in [0.5, 0.6) is 0 Å². The van der Waals surface area contributed by atoms with Gasteiger partial charge >= 0.3 is 11.8 Å². The second-order valence-corrected chi connectivity index (χ2v) is 6.13. The van der Waals surface area contributed by atoms with Gasteiger partial charge < -0.3 is 10.6 Å². The Balaban J connectivity index is 1.77. The van der Waals surface area contributed by atoms with Crippen LogP contribution in [-0.4, -0.2) is 11.8 Å². The van der Waals surface area contributed by atoms with Crippen LogP contribution in [0.15, 0.2) is 60.7 Å². The maximum absolute atomic E-state index is 12.4. The molecule has 132 valence electrons. The van der Waals surface area contributed by atoms with Gasteiger partial charge in [-0.05, 0) is 46.9 Å². The first-order valence-corrected chi connectivity index (χ1v) is 8.84. The predicted octanol–water partition coefficient (Wildman–Crippen LogP) is 4.54. The molecule has 3 aromatic carbocycles. The maximum atomic E-state index is 12.4. The number of hydrogen-bond donors (Lipinski definition) is 2. The third-order valence-electron chi connectivity index (χ3n) is 4.45. The zero-order chi connectivity index (χ0) is 18.5. The monoisotopic (exact) mass is 346 g/mol. The fraction of sp³-hybridized carbons (Fsp3) is 0.182. The Bertz CT molecular complexity index is 941. The van der Waals surface area contributed by atoms with E-state index in [4.69, 9.17) is 0 Å². The van der Waals surface area contributed by atoms with Gasteiger partial charge in [0, 0.05) is 11.4 Å². The van der Waals surface area contributed by atoms with Crippen LogP contribution in [0.25, 0.3) is 10.8 Å². The maximum Gasteiger partial charge on any atom is 0.314 e. The minimum absolute atomic E-state index is 0.600. The summed E-state index contributed by atoms with van der Waals surface area (Å²) >= 11 is 0. The van der Waals surface area contributed by atoms with E-state index in [-0.39, 0.29) is 0 Å². The molecule has 0 aromatic heterocycles. The Labute approximate surface area is 153 Å². The van der Waals surface area contributed by atoms with Crippen molar-refractivity contribution >= 4 is 34.0 Å². The highest BCUT2D eigenvalue weighted by molar-refractivity contribution is 6.43. The lowest BCUT2D eigenvalue weighted by Gasteiger charge is -2.14. The van der Waals surface area contributed by atoms with Gasteiger partial charge in [0.1, 0.15) is 0 Å². The van der Waals surface area contributed by atoms with Gasteiger partial charge in [-0.1, -0.05) is 62.4 Å². The molecule has 26 heavy (non-hydrogen) atoms. The van der Waals surface area contributed by atoms with Crippen LogP contribution in [0.3, 0.4) is 0 Å². The van der Waals surface area contributed by atoms with Crippen molar-refractivity contribution in [3.8, 4) is 0 Å². The number of amides is 2. The Kier molecular flexibility index (Phi) is 5.32. The van der Waals surface area contributed by atoms with Gasteiger partial charge in [0.2, 0.25) is 0 Å². The summed E-state index contributed by atoms with van der Waals surface area (Å²) in [7, 11) is 0. The average Bonchev–Trinajstić information content (AvgIpc) is 2.67. The summed E-state index contributed by atoms with van der Waals surface area (Å²) in [6.45, 7) is 4.05. The van der Waals surface area contributed by atoms with E-state index < -0.39 is 11.8 Å². The number of benzene rings is 3. The quantitative estimate of drug-likeness (QED) is 0.681. The lowest BCUT2D eigenvalue weighted by Crippen LogP contribution is -2.29. The van der Waals surface area contributed by atoms with E-state index in [1.165, 1.54) is 0 Å². The number of fused-ring (bicyclic) bond motifs is 1. The van der Waals surface area contributed by atoms with Crippen molar-refractivity contribution in [3.05, 3.63) is 71.8 Å². The normalized spacial score (nSPS) is 10.5. The molecule has 0 bridgehead atoms. The fourth-order valence-electron chi connectivity index (χ4n) is 3.03. The average molecular weight is 346 g/mol. The number of aryl methyl sites for hydroxylation is 2. The summed E-state index contributed by atoms with van der Waals surface area (Å²) < 4.78 is 0. The first kappa shape index (κ1) is 17.7. The van der Waals surface area contributed by atoms with Gasteiger partial charge in [-0.2, -0.15) is 0 Å². The van der Waals surface area contributed by atoms with Crippen molar-refractivity contribution in [2.75, 3.05) is 10.6 Å². The van der Waals surface area contributed by atoms with E-state index in [9.17, 15) is 9.59 Å². The summed E-state index contributed by atoms with van der Waals surface area (Å²) in [4.78, 5) is 24.7. The smallest absolute Gasteiger partial charge is 0.314 e. The second kappa shape index (κ2) is 7.83. The van der Waals surface area contributed by atoms with Gasteiger partial charge in [-0.3, -0.25) is 9.59 Å². The van der Waals surface area contributed by atoms with Crippen LogP contribution in [-0.2, 0) is 22.4 Å². The summed E-state index contributed by atoms with van der Waals surface area (Å²) in [5.74, 6) is -1.33. The highest BCUT2D eigenvalue weighted by atomic mass is 16.2. The predicted molar refractivity (Wildman–Crippen MR) is 106 cm³/mol. The zero-order valence-corrected chi connectivity index (χ0v) is 15.0. The van der Waals surface area contributed by atoms with Crippen LogP contribution in [0.1, 0.15) is 25.0 Å². The topological polar surface area (TPSA) is 58.2 Å². The molecule has 0 spiro atoms. The molecule has 3 rings (SSSR count). The highest BCUT2D eigenvalue weighted by Gasteiger charge is 2.17. The molecule has 2 N–H and O–H groups in total. The van der Waals surface area contributed by atoms with Crippen LogP contribution < -0.4 is 10.6 Å². The molecule has 2 amide bonds. The van der Waals surface area contributed by atoms with E-state index in [1.807, 2.05) is 68.4 Å². The Morgan fingerprint density at radius 2 is 1.35 bits per heavy atom. The zero-order valence-electron chi connectivity index (χ0n) is 15.0. The Morgan fingerprint density at radius 1 is 0.731 bits per heavy atom. The summed E-state index contributed by atoms with van der Waals surface area (Å²) in [6, 6.07) is 19.4. The van der Waals surface area contributed by atoms with Crippen molar-refractivity contribution in [2.45, 2.75) is 26.7 Å².